The van der Waals surface area contributed by atoms with E-state index in [0.29, 0.717) is 18.9 Å². The van der Waals surface area contributed by atoms with Gasteiger partial charge >= 0.3 is 0 Å². The Kier molecular flexibility index (Phi) is 6.19. The first-order valence-electron chi connectivity index (χ1n) is 10.9. The van der Waals surface area contributed by atoms with Gasteiger partial charge in [-0.15, -0.1) is 16.4 Å². The molecule has 0 aliphatic carbocycles. The van der Waals surface area contributed by atoms with E-state index < -0.39 is 0 Å². The maximum absolute atomic E-state index is 13.3. The second-order valence-electron chi connectivity index (χ2n) is 7.90. The average Bonchev–Trinajstić information content (AvgIpc) is 3.55. The molecule has 2 aromatic carbocycles. The number of methoxy groups -OCH3 is 1. The third-order valence-electron chi connectivity index (χ3n) is 5.77. The van der Waals surface area contributed by atoms with E-state index in [1.807, 2.05) is 64.9 Å². The summed E-state index contributed by atoms with van der Waals surface area (Å²) in [7, 11) is 1.67. The fourth-order valence-electron chi connectivity index (χ4n) is 3.96. The molecular weight excluding hydrogens is 434 g/mol. The minimum absolute atomic E-state index is 0.119. The molecule has 1 fully saturated rings. The van der Waals surface area contributed by atoms with Gasteiger partial charge in [0.1, 0.15) is 5.75 Å². The van der Waals surface area contributed by atoms with Crippen molar-refractivity contribution in [2.45, 2.75) is 6.54 Å². The molecule has 0 saturated carbocycles. The number of nitrogens with zero attached hydrogens (tertiary/aromatic N) is 5. The van der Waals surface area contributed by atoms with Crippen LogP contribution in [0.1, 0.15) is 16.2 Å². The first kappa shape index (κ1) is 21.4. The van der Waals surface area contributed by atoms with Crippen LogP contribution in [0.15, 0.2) is 72.1 Å². The van der Waals surface area contributed by atoms with Crippen LogP contribution in [-0.2, 0) is 6.54 Å². The zero-order chi connectivity index (χ0) is 22.6. The lowest BCUT2D eigenvalue weighted by molar-refractivity contribution is 0.0616. The number of aromatic nitrogens is 3. The van der Waals surface area contributed by atoms with E-state index in [4.69, 9.17) is 4.74 Å². The number of piperazine rings is 1. The SMILES string of the molecule is COc1ccc(CN2CCN(C(=O)c3nc(-c4cccs4)n(-c4ccccc4)n3)CC2)cc1. The molecule has 0 bridgehead atoms. The lowest BCUT2D eigenvalue weighted by atomic mass is 10.2. The second kappa shape index (κ2) is 9.56. The largest absolute Gasteiger partial charge is 0.497 e. The van der Waals surface area contributed by atoms with Crippen molar-refractivity contribution < 1.29 is 9.53 Å². The Morgan fingerprint density at radius 1 is 0.970 bits per heavy atom. The van der Waals surface area contributed by atoms with Crippen LogP contribution in [-0.4, -0.2) is 63.8 Å². The topological polar surface area (TPSA) is 63.5 Å². The molecule has 4 aromatic rings. The summed E-state index contributed by atoms with van der Waals surface area (Å²) in [5.41, 5.74) is 2.12. The zero-order valence-electron chi connectivity index (χ0n) is 18.4. The molecule has 3 heterocycles. The Hall–Kier alpha value is -3.49. The van der Waals surface area contributed by atoms with E-state index in [1.54, 1.807) is 23.1 Å². The van der Waals surface area contributed by atoms with Gasteiger partial charge in [-0.2, -0.15) is 0 Å². The number of rotatable bonds is 6. The summed E-state index contributed by atoms with van der Waals surface area (Å²) in [5.74, 6) is 1.67. The van der Waals surface area contributed by atoms with Crippen LogP contribution in [0.2, 0.25) is 0 Å². The number of thiophene rings is 1. The first-order chi connectivity index (χ1) is 16.2. The predicted molar refractivity (Wildman–Crippen MR) is 129 cm³/mol. The molecule has 0 atom stereocenters. The van der Waals surface area contributed by atoms with Crippen molar-refractivity contribution in [3.63, 3.8) is 0 Å². The molecule has 7 nitrogen and oxygen atoms in total. The third-order valence-corrected chi connectivity index (χ3v) is 6.63. The third kappa shape index (κ3) is 4.67. The van der Waals surface area contributed by atoms with Crippen LogP contribution < -0.4 is 4.74 Å². The van der Waals surface area contributed by atoms with Gasteiger partial charge in [-0.25, -0.2) is 9.67 Å². The minimum atomic E-state index is -0.119. The predicted octanol–water partition coefficient (Wildman–Crippen LogP) is 3.96. The van der Waals surface area contributed by atoms with Crippen LogP contribution >= 0.6 is 11.3 Å². The smallest absolute Gasteiger partial charge is 0.293 e. The van der Waals surface area contributed by atoms with Gasteiger partial charge < -0.3 is 9.64 Å². The van der Waals surface area contributed by atoms with Crippen LogP contribution in [0, 0.1) is 0 Å². The van der Waals surface area contributed by atoms with Gasteiger partial charge in [-0.3, -0.25) is 9.69 Å². The highest BCUT2D eigenvalue weighted by atomic mass is 32.1. The summed E-state index contributed by atoms with van der Waals surface area (Å²) in [6, 6.07) is 21.9. The standard InChI is InChI=1S/C25H25N5O2S/c1-32-21-11-9-19(10-12-21)18-28-13-15-29(16-14-28)25(31)23-26-24(22-8-5-17-33-22)30(27-23)20-6-3-2-4-7-20/h2-12,17H,13-16,18H2,1H3. The second-order valence-corrected chi connectivity index (χ2v) is 8.85. The van der Waals surface area contributed by atoms with Crippen molar-refractivity contribution in [3.8, 4) is 22.1 Å². The fraction of sp³-hybridized carbons (Fsp3) is 0.240. The number of carbonyl (C=O) groups is 1. The number of ether oxygens (including phenoxy) is 1. The lowest BCUT2D eigenvalue weighted by Gasteiger charge is -2.34. The van der Waals surface area contributed by atoms with E-state index >= 15 is 0 Å². The van der Waals surface area contributed by atoms with Crippen molar-refractivity contribution >= 4 is 17.2 Å². The van der Waals surface area contributed by atoms with Crippen molar-refractivity contribution in [3.05, 3.63) is 83.5 Å². The van der Waals surface area contributed by atoms with Gasteiger partial charge in [0, 0.05) is 32.7 Å². The summed E-state index contributed by atoms with van der Waals surface area (Å²) >= 11 is 1.59. The van der Waals surface area contributed by atoms with E-state index in [2.05, 4.69) is 27.1 Å². The monoisotopic (exact) mass is 459 g/mol. The molecule has 0 N–H and O–H groups in total. The number of hydrogen-bond acceptors (Lipinski definition) is 6. The molecule has 2 aromatic heterocycles. The van der Waals surface area contributed by atoms with Gasteiger partial charge in [0.25, 0.3) is 5.91 Å². The first-order valence-corrected chi connectivity index (χ1v) is 11.8. The van der Waals surface area contributed by atoms with E-state index in [9.17, 15) is 4.79 Å². The molecule has 5 rings (SSSR count). The zero-order valence-corrected chi connectivity index (χ0v) is 19.2. The van der Waals surface area contributed by atoms with E-state index in [1.165, 1.54) is 5.56 Å². The summed E-state index contributed by atoms with van der Waals surface area (Å²) < 4.78 is 7.00. The fourth-order valence-corrected chi connectivity index (χ4v) is 4.66. The highest BCUT2D eigenvalue weighted by Gasteiger charge is 2.27. The maximum atomic E-state index is 13.3. The van der Waals surface area contributed by atoms with Gasteiger partial charge in [0.15, 0.2) is 5.82 Å². The average molecular weight is 460 g/mol. The van der Waals surface area contributed by atoms with Crippen LogP contribution in [0.3, 0.4) is 0 Å². The van der Waals surface area contributed by atoms with Crippen LogP contribution in [0.4, 0.5) is 0 Å². The molecule has 0 spiro atoms. The quantitative estimate of drug-likeness (QED) is 0.437. The Morgan fingerprint density at radius 3 is 2.39 bits per heavy atom. The number of hydrogen-bond donors (Lipinski definition) is 0. The summed E-state index contributed by atoms with van der Waals surface area (Å²) in [6.45, 7) is 3.80. The van der Waals surface area contributed by atoms with Crippen molar-refractivity contribution in [2.75, 3.05) is 33.3 Å². The van der Waals surface area contributed by atoms with Crippen molar-refractivity contribution in [2.24, 2.45) is 0 Å². The normalized spacial score (nSPS) is 14.4. The summed E-state index contributed by atoms with van der Waals surface area (Å²) in [6.07, 6.45) is 0. The number of amides is 1. The van der Waals surface area contributed by atoms with E-state index in [0.717, 1.165) is 35.9 Å². The Bertz CT molecular complexity index is 1200. The van der Waals surface area contributed by atoms with Crippen molar-refractivity contribution in [1.82, 2.24) is 24.6 Å². The molecule has 33 heavy (non-hydrogen) atoms. The molecule has 1 saturated heterocycles. The molecule has 1 amide bonds. The number of carbonyl (C=O) groups excluding carboxylic acids is 1. The van der Waals surface area contributed by atoms with Crippen molar-refractivity contribution in [1.29, 1.82) is 0 Å². The van der Waals surface area contributed by atoms with Crippen LogP contribution in [0.5, 0.6) is 5.75 Å². The number of benzene rings is 2. The molecule has 1 aliphatic heterocycles. The highest BCUT2D eigenvalue weighted by Crippen LogP contribution is 2.26. The summed E-state index contributed by atoms with van der Waals surface area (Å²) in [4.78, 5) is 23.1. The molecule has 0 unspecified atom stereocenters. The van der Waals surface area contributed by atoms with Gasteiger partial charge in [0.05, 0.1) is 17.7 Å². The van der Waals surface area contributed by atoms with Gasteiger partial charge in [-0.1, -0.05) is 36.4 Å². The van der Waals surface area contributed by atoms with E-state index in [-0.39, 0.29) is 11.7 Å². The molecular formula is C25H25N5O2S. The molecule has 168 valence electrons. The minimum Gasteiger partial charge on any atom is -0.497 e. The maximum Gasteiger partial charge on any atom is 0.293 e. The van der Waals surface area contributed by atoms with Gasteiger partial charge in [0.2, 0.25) is 5.82 Å². The Labute approximate surface area is 196 Å². The highest BCUT2D eigenvalue weighted by molar-refractivity contribution is 7.13. The van der Waals surface area contributed by atoms with Gasteiger partial charge in [-0.05, 0) is 41.3 Å². The Morgan fingerprint density at radius 2 is 1.73 bits per heavy atom. The summed E-state index contributed by atoms with van der Waals surface area (Å²) in [5, 5.41) is 6.61. The molecule has 0 radical (unpaired) electrons. The number of para-hydroxylation sites is 1. The Balaban J connectivity index is 1.29. The van der Waals surface area contributed by atoms with Crippen LogP contribution in [0.25, 0.3) is 16.4 Å². The molecule has 8 heteroatoms. The molecule has 1 aliphatic rings. The lowest BCUT2D eigenvalue weighted by Crippen LogP contribution is -2.48.